The number of hydrogen-bond donors (Lipinski definition) is 0. The minimum atomic E-state index is -0.732. The van der Waals surface area contributed by atoms with Gasteiger partial charge in [0, 0.05) is 6.42 Å². The fourth-order valence-electron chi connectivity index (χ4n) is 2.50. The summed E-state index contributed by atoms with van der Waals surface area (Å²) >= 11 is 0. The first-order valence-electron chi connectivity index (χ1n) is 7.20. The number of imide groups is 1. The second kappa shape index (κ2) is 7.06. The fraction of sp³-hybridized carbons (Fsp3) is 0.438. The zero-order chi connectivity index (χ0) is 16.1. The Hall–Kier alpha value is -2.37. The summed E-state index contributed by atoms with van der Waals surface area (Å²) in [5, 5.41) is 0. The number of rotatable bonds is 5. The van der Waals surface area contributed by atoms with Crippen LogP contribution in [0, 0.1) is 0 Å². The number of cyclic esters (lactones) is 1. The van der Waals surface area contributed by atoms with Gasteiger partial charge in [-0.1, -0.05) is 37.3 Å². The summed E-state index contributed by atoms with van der Waals surface area (Å²) in [5.74, 6) is -1.65. The van der Waals surface area contributed by atoms with Crippen LogP contribution in [0.2, 0.25) is 0 Å². The number of ether oxygens (including phenoxy) is 2. The van der Waals surface area contributed by atoms with Gasteiger partial charge in [-0.15, -0.1) is 0 Å². The molecule has 22 heavy (non-hydrogen) atoms. The molecular formula is C16H19NO5. The van der Waals surface area contributed by atoms with Crippen molar-refractivity contribution in [3.63, 3.8) is 0 Å². The number of nitrogens with zero attached hydrogens (tertiary/aromatic N) is 1. The minimum absolute atomic E-state index is 0.123. The first-order valence-corrected chi connectivity index (χ1v) is 7.20. The Balaban J connectivity index is 2.18. The van der Waals surface area contributed by atoms with E-state index in [-0.39, 0.29) is 19.1 Å². The number of esters is 1. The average molecular weight is 305 g/mol. The van der Waals surface area contributed by atoms with Crippen LogP contribution in [-0.4, -0.2) is 42.6 Å². The van der Waals surface area contributed by atoms with Gasteiger partial charge < -0.3 is 9.47 Å². The third-order valence-corrected chi connectivity index (χ3v) is 3.77. The molecule has 0 spiro atoms. The lowest BCUT2D eigenvalue weighted by atomic mass is 9.95. The Labute approximate surface area is 129 Å². The van der Waals surface area contributed by atoms with Gasteiger partial charge in [0.15, 0.2) is 0 Å². The van der Waals surface area contributed by atoms with Gasteiger partial charge >= 0.3 is 12.1 Å². The lowest BCUT2D eigenvalue weighted by molar-refractivity contribution is -0.145. The van der Waals surface area contributed by atoms with E-state index in [4.69, 9.17) is 9.47 Å². The van der Waals surface area contributed by atoms with E-state index in [0.717, 1.165) is 4.90 Å². The Bertz CT molecular complexity index is 557. The highest BCUT2D eigenvalue weighted by Gasteiger charge is 2.38. The van der Waals surface area contributed by atoms with Gasteiger partial charge in [-0.3, -0.25) is 9.59 Å². The van der Waals surface area contributed by atoms with Crippen molar-refractivity contribution in [3.8, 4) is 0 Å². The summed E-state index contributed by atoms with van der Waals surface area (Å²) in [6.45, 7) is 2.08. The zero-order valence-electron chi connectivity index (χ0n) is 12.7. The van der Waals surface area contributed by atoms with Crippen molar-refractivity contribution < 1.29 is 23.9 Å². The van der Waals surface area contributed by atoms with Gasteiger partial charge in [-0.2, -0.15) is 0 Å². The highest BCUT2D eigenvalue weighted by atomic mass is 16.6. The molecular weight excluding hydrogens is 286 g/mol. The number of amides is 2. The van der Waals surface area contributed by atoms with Crippen LogP contribution < -0.4 is 0 Å². The molecule has 2 amide bonds. The number of benzene rings is 1. The molecule has 0 unspecified atom stereocenters. The molecule has 118 valence electrons. The van der Waals surface area contributed by atoms with Crippen molar-refractivity contribution in [1.29, 1.82) is 0 Å². The largest absolute Gasteiger partial charge is 0.469 e. The van der Waals surface area contributed by atoms with E-state index in [1.54, 1.807) is 24.3 Å². The van der Waals surface area contributed by atoms with Crippen molar-refractivity contribution in [2.75, 3.05) is 13.7 Å². The van der Waals surface area contributed by atoms with Crippen LogP contribution in [-0.2, 0) is 19.1 Å². The predicted molar refractivity (Wildman–Crippen MR) is 78.1 cm³/mol. The van der Waals surface area contributed by atoms with Gasteiger partial charge in [0.1, 0.15) is 6.61 Å². The van der Waals surface area contributed by atoms with Crippen molar-refractivity contribution in [1.82, 2.24) is 4.90 Å². The van der Waals surface area contributed by atoms with Gasteiger partial charge in [-0.05, 0) is 12.0 Å². The normalized spacial score (nSPS) is 18.7. The highest BCUT2D eigenvalue weighted by Crippen LogP contribution is 2.25. The number of methoxy groups -OCH3 is 1. The Morgan fingerprint density at radius 1 is 1.36 bits per heavy atom. The summed E-state index contributed by atoms with van der Waals surface area (Å²) in [4.78, 5) is 37.3. The van der Waals surface area contributed by atoms with E-state index < -0.39 is 23.9 Å². The van der Waals surface area contributed by atoms with Crippen molar-refractivity contribution in [3.05, 3.63) is 35.9 Å². The predicted octanol–water partition coefficient (Wildman–Crippen LogP) is 2.09. The van der Waals surface area contributed by atoms with Crippen LogP contribution in [0.5, 0.6) is 0 Å². The lowest BCUT2D eigenvalue weighted by Gasteiger charge is -2.21. The molecule has 6 heteroatoms. The van der Waals surface area contributed by atoms with Gasteiger partial charge in [0.05, 0.1) is 19.1 Å². The Kier molecular flexibility index (Phi) is 5.14. The summed E-state index contributed by atoms with van der Waals surface area (Å²) < 4.78 is 9.70. The maximum absolute atomic E-state index is 12.4. The molecule has 1 aromatic carbocycles. The number of carbonyl (C=O) groups is 3. The number of carbonyl (C=O) groups excluding carboxylic acids is 3. The summed E-state index contributed by atoms with van der Waals surface area (Å²) in [6, 6.07) is 8.64. The van der Waals surface area contributed by atoms with Crippen LogP contribution in [0.15, 0.2) is 30.3 Å². The monoisotopic (exact) mass is 305 g/mol. The summed E-state index contributed by atoms with van der Waals surface area (Å²) in [6.07, 6.45) is -0.151. The van der Waals surface area contributed by atoms with Crippen LogP contribution >= 0.6 is 0 Å². The molecule has 2 atom stereocenters. The fourth-order valence-corrected chi connectivity index (χ4v) is 2.50. The molecule has 1 heterocycles. The lowest BCUT2D eigenvalue weighted by Crippen LogP contribution is -2.40. The minimum Gasteiger partial charge on any atom is -0.469 e. The molecule has 1 aliphatic rings. The van der Waals surface area contributed by atoms with Crippen molar-refractivity contribution >= 4 is 18.0 Å². The van der Waals surface area contributed by atoms with E-state index in [1.165, 1.54) is 7.11 Å². The molecule has 0 bridgehead atoms. The van der Waals surface area contributed by atoms with E-state index >= 15 is 0 Å². The zero-order valence-corrected chi connectivity index (χ0v) is 12.7. The second-order valence-electron chi connectivity index (χ2n) is 5.09. The van der Waals surface area contributed by atoms with Crippen LogP contribution in [0.25, 0.3) is 0 Å². The standard InChI is InChI=1S/C16H19NO5/c1-3-12-10-22-16(20)17(12)14(18)9-13(15(19)21-2)11-7-5-4-6-8-11/h4-8,12-13H,3,9-10H2,1-2H3/t12-,13+/m1/s1. The Morgan fingerprint density at radius 3 is 2.64 bits per heavy atom. The van der Waals surface area contributed by atoms with Crippen molar-refractivity contribution in [2.45, 2.75) is 31.7 Å². The summed E-state index contributed by atoms with van der Waals surface area (Å²) in [5.41, 5.74) is 0.684. The first-order chi connectivity index (χ1) is 10.6. The third-order valence-electron chi connectivity index (χ3n) is 3.77. The average Bonchev–Trinajstić information content (AvgIpc) is 2.93. The molecule has 1 fully saturated rings. The van der Waals surface area contributed by atoms with Crippen molar-refractivity contribution in [2.24, 2.45) is 0 Å². The SMILES string of the molecule is CC[C@@H]1COC(=O)N1C(=O)C[C@H](C(=O)OC)c1ccccc1. The molecule has 0 aliphatic carbocycles. The van der Waals surface area contributed by atoms with Crippen LogP contribution in [0.4, 0.5) is 4.79 Å². The van der Waals surface area contributed by atoms with Gasteiger partial charge in [-0.25, -0.2) is 9.69 Å². The number of hydrogen-bond acceptors (Lipinski definition) is 5. The van der Waals surface area contributed by atoms with E-state index in [0.29, 0.717) is 12.0 Å². The van der Waals surface area contributed by atoms with E-state index in [9.17, 15) is 14.4 Å². The maximum atomic E-state index is 12.4. The molecule has 1 aromatic rings. The van der Waals surface area contributed by atoms with Crippen LogP contribution in [0.3, 0.4) is 0 Å². The molecule has 0 saturated carbocycles. The molecule has 0 N–H and O–H groups in total. The third kappa shape index (κ3) is 3.27. The molecule has 6 nitrogen and oxygen atoms in total. The Morgan fingerprint density at radius 2 is 2.05 bits per heavy atom. The quantitative estimate of drug-likeness (QED) is 0.779. The maximum Gasteiger partial charge on any atom is 0.416 e. The topological polar surface area (TPSA) is 72.9 Å². The summed E-state index contributed by atoms with van der Waals surface area (Å²) in [7, 11) is 1.28. The van der Waals surface area contributed by atoms with E-state index in [1.807, 2.05) is 13.0 Å². The first kappa shape index (κ1) is 16.0. The van der Waals surface area contributed by atoms with Crippen LogP contribution in [0.1, 0.15) is 31.2 Å². The second-order valence-corrected chi connectivity index (χ2v) is 5.09. The highest BCUT2D eigenvalue weighted by molar-refractivity contribution is 5.96. The molecule has 1 saturated heterocycles. The van der Waals surface area contributed by atoms with Gasteiger partial charge in [0.2, 0.25) is 5.91 Å². The molecule has 1 aliphatic heterocycles. The molecule has 0 aromatic heterocycles. The molecule has 2 rings (SSSR count). The molecule has 0 radical (unpaired) electrons. The smallest absolute Gasteiger partial charge is 0.416 e. The van der Waals surface area contributed by atoms with Gasteiger partial charge in [0.25, 0.3) is 0 Å². The van der Waals surface area contributed by atoms with E-state index in [2.05, 4.69) is 0 Å².